The second kappa shape index (κ2) is 6.74. The van der Waals surface area contributed by atoms with Crippen molar-refractivity contribution < 1.29 is 19.1 Å². The predicted octanol–water partition coefficient (Wildman–Crippen LogP) is 3.14. The summed E-state index contributed by atoms with van der Waals surface area (Å²) in [6, 6.07) is 5.13. The third-order valence-electron chi connectivity index (χ3n) is 2.86. The molecule has 1 amide bonds. The number of nitrogens with zero attached hydrogens (tertiary/aromatic N) is 1. The smallest absolute Gasteiger partial charge is 0.343 e. The quantitative estimate of drug-likeness (QED) is 0.841. The van der Waals surface area contributed by atoms with Crippen molar-refractivity contribution in [3.8, 4) is 5.88 Å². The van der Waals surface area contributed by atoms with Crippen LogP contribution in [-0.2, 0) is 9.53 Å². The van der Waals surface area contributed by atoms with Gasteiger partial charge in [-0.25, -0.2) is 9.78 Å². The number of anilines is 1. The van der Waals surface area contributed by atoms with E-state index in [0.717, 1.165) is 4.47 Å². The van der Waals surface area contributed by atoms with Crippen molar-refractivity contribution in [2.75, 3.05) is 19.0 Å². The summed E-state index contributed by atoms with van der Waals surface area (Å²) in [5.74, 6) is -0.559. The summed E-state index contributed by atoms with van der Waals surface area (Å²) in [7, 11) is 1.43. The summed E-state index contributed by atoms with van der Waals surface area (Å²) >= 11 is 3.37. The molecule has 116 valence electrons. The minimum absolute atomic E-state index is 0.179. The maximum atomic E-state index is 12.0. The lowest BCUT2D eigenvalue weighted by Crippen LogP contribution is -2.10. The Bertz CT molecular complexity index is 746. The van der Waals surface area contributed by atoms with Gasteiger partial charge in [0.25, 0.3) is 0 Å². The lowest BCUT2D eigenvalue weighted by molar-refractivity contribution is -0.114. The maximum Gasteiger partial charge on any atom is 0.343 e. The van der Waals surface area contributed by atoms with Crippen molar-refractivity contribution in [3.05, 3.63) is 28.2 Å². The fourth-order valence-electron chi connectivity index (χ4n) is 2.03. The zero-order valence-corrected chi connectivity index (χ0v) is 14.0. The van der Waals surface area contributed by atoms with Crippen LogP contribution in [0.2, 0.25) is 0 Å². The highest BCUT2D eigenvalue weighted by Gasteiger charge is 2.18. The second-order valence-corrected chi connectivity index (χ2v) is 5.38. The first-order valence-electron chi connectivity index (χ1n) is 6.59. The van der Waals surface area contributed by atoms with Gasteiger partial charge in [-0.05, 0) is 25.1 Å². The predicted molar refractivity (Wildman–Crippen MR) is 86.3 cm³/mol. The van der Waals surface area contributed by atoms with Crippen molar-refractivity contribution in [2.24, 2.45) is 0 Å². The van der Waals surface area contributed by atoms with Gasteiger partial charge in [0.1, 0.15) is 5.56 Å². The van der Waals surface area contributed by atoms with Crippen molar-refractivity contribution in [1.29, 1.82) is 0 Å². The van der Waals surface area contributed by atoms with Gasteiger partial charge in [0, 0.05) is 16.8 Å². The fourth-order valence-corrected chi connectivity index (χ4v) is 2.47. The number of halogens is 1. The Morgan fingerprint density at radius 2 is 2.05 bits per heavy atom. The number of benzene rings is 1. The van der Waals surface area contributed by atoms with E-state index in [9.17, 15) is 9.59 Å². The van der Waals surface area contributed by atoms with Crippen LogP contribution >= 0.6 is 15.9 Å². The van der Waals surface area contributed by atoms with E-state index >= 15 is 0 Å². The molecule has 0 atom stereocenters. The van der Waals surface area contributed by atoms with Crippen LogP contribution in [0.3, 0.4) is 0 Å². The fraction of sp³-hybridized carbons (Fsp3) is 0.267. The first-order chi connectivity index (χ1) is 10.5. The number of hydrogen-bond donors (Lipinski definition) is 1. The van der Waals surface area contributed by atoms with Gasteiger partial charge < -0.3 is 14.8 Å². The van der Waals surface area contributed by atoms with E-state index in [0.29, 0.717) is 16.6 Å². The molecule has 0 saturated carbocycles. The molecule has 0 aliphatic rings. The highest BCUT2D eigenvalue weighted by atomic mass is 79.9. The molecule has 2 rings (SSSR count). The van der Waals surface area contributed by atoms with Gasteiger partial charge in [-0.2, -0.15) is 0 Å². The molecule has 1 aromatic heterocycles. The molecule has 0 fully saturated rings. The number of fused-ring (bicyclic) bond motifs is 1. The molecule has 0 unspecified atom stereocenters. The van der Waals surface area contributed by atoms with Gasteiger partial charge in [0.2, 0.25) is 11.8 Å². The summed E-state index contributed by atoms with van der Waals surface area (Å²) in [5, 5.41) is 3.35. The van der Waals surface area contributed by atoms with Crippen LogP contribution in [0.4, 0.5) is 5.69 Å². The van der Waals surface area contributed by atoms with Crippen molar-refractivity contribution >= 4 is 44.4 Å². The average molecular weight is 367 g/mol. The first kappa shape index (κ1) is 16.2. The Labute approximate surface area is 135 Å². The number of methoxy groups -OCH3 is 1. The maximum absolute atomic E-state index is 12.0. The van der Waals surface area contributed by atoms with Gasteiger partial charge in [-0.1, -0.05) is 15.9 Å². The number of carbonyl (C=O) groups excluding carboxylic acids is 2. The lowest BCUT2D eigenvalue weighted by Gasteiger charge is -2.12. The van der Waals surface area contributed by atoms with Crippen LogP contribution in [0, 0.1) is 0 Å². The normalized spacial score (nSPS) is 10.4. The molecule has 0 bridgehead atoms. The van der Waals surface area contributed by atoms with Crippen LogP contribution in [0.1, 0.15) is 24.2 Å². The molecule has 1 heterocycles. The van der Waals surface area contributed by atoms with Crippen LogP contribution in [0.15, 0.2) is 22.7 Å². The monoisotopic (exact) mass is 366 g/mol. The topological polar surface area (TPSA) is 77.5 Å². The molecule has 0 spiro atoms. The van der Waals surface area contributed by atoms with Gasteiger partial charge in [0.15, 0.2) is 0 Å². The SMILES string of the molecule is CCOC(=O)c1cc2c(NC(C)=O)cc(Br)cc2nc1OC. The van der Waals surface area contributed by atoms with E-state index < -0.39 is 5.97 Å². The summed E-state index contributed by atoms with van der Waals surface area (Å²) in [5.41, 5.74) is 1.35. The molecule has 22 heavy (non-hydrogen) atoms. The molecule has 0 aliphatic heterocycles. The zero-order chi connectivity index (χ0) is 16.3. The standard InChI is InChI=1S/C15H15BrN2O4/c1-4-22-15(20)11-7-10-12(17-8(2)19)5-9(16)6-13(10)18-14(11)21-3/h5-7H,4H2,1-3H3,(H,17,19). The number of ether oxygens (including phenoxy) is 2. The number of pyridine rings is 1. The summed E-state index contributed by atoms with van der Waals surface area (Å²) in [4.78, 5) is 27.7. The third kappa shape index (κ3) is 3.36. The highest BCUT2D eigenvalue weighted by Crippen LogP contribution is 2.31. The Hall–Kier alpha value is -2.15. The molecule has 2 aromatic rings. The zero-order valence-electron chi connectivity index (χ0n) is 12.4. The van der Waals surface area contributed by atoms with Gasteiger partial charge >= 0.3 is 5.97 Å². The van der Waals surface area contributed by atoms with Crippen molar-refractivity contribution in [3.63, 3.8) is 0 Å². The number of nitrogens with one attached hydrogen (secondary N) is 1. The summed E-state index contributed by atoms with van der Waals surface area (Å²) < 4.78 is 10.9. The Balaban J connectivity index is 2.69. The Morgan fingerprint density at radius 1 is 1.32 bits per heavy atom. The Morgan fingerprint density at radius 3 is 2.64 bits per heavy atom. The van der Waals surface area contributed by atoms with Crippen LogP contribution in [-0.4, -0.2) is 30.6 Å². The van der Waals surface area contributed by atoms with Gasteiger partial charge in [-0.15, -0.1) is 0 Å². The molecule has 0 radical (unpaired) electrons. The molecule has 1 aromatic carbocycles. The third-order valence-corrected chi connectivity index (χ3v) is 3.32. The number of amides is 1. The Kier molecular flexibility index (Phi) is 4.97. The van der Waals surface area contributed by atoms with E-state index in [2.05, 4.69) is 26.2 Å². The molecular weight excluding hydrogens is 352 g/mol. The van der Waals surface area contributed by atoms with E-state index in [4.69, 9.17) is 9.47 Å². The lowest BCUT2D eigenvalue weighted by atomic mass is 10.1. The molecule has 0 saturated heterocycles. The van der Waals surface area contributed by atoms with Crippen molar-refractivity contribution in [2.45, 2.75) is 13.8 Å². The van der Waals surface area contributed by atoms with E-state index in [1.807, 2.05) is 0 Å². The van der Waals surface area contributed by atoms with Gasteiger partial charge in [-0.3, -0.25) is 4.79 Å². The minimum Gasteiger partial charge on any atom is -0.480 e. The van der Waals surface area contributed by atoms with Crippen molar-refractivity contribution in [1.82, 2.24) is 4.98 Å². The molecule has 6 nitrogen and oxygen atoms in total. The number of carbonyl (C=O) groups is 2. The minimum atomic E-state index is -0.523. The molecule has 7 heteroatoms. The first-order valence-corrected chi connectivity index (χ1v) is 7.38. The number of hydrogen-bond acceptors (Lipinski definition) is 5. The van der Waals surface area contributed by atoms with E-state index in [1.54, 1.807) is 25.1 Å². The average Bonchev–Trinajstić information content (AvgIpc) is 2.45. The number of esters is 1. The van der Waals surface area contributed by atoms with E-state index in [1.165, 1.54) is 14.0 Å². The largest absolute Gasteiger partial charge is 0.480 e. The van der Waals surface area contributed by atoms with E-state index in [-0.39, 0.29) is 24.0 Å². The van der Waals surface area contributed by atoms with Crippen LogP contribution < -0.4 is 10.1 Å². The summed E-state index contributed by atoms with van der Waals surface area (Å²) in [6.45, 7) is 3.38. The second-order valence-electron chi connectivity index (χ2n) is 4.47. The molecular formula is C15H15BrN2O4. The number of rotatable bonds is 4. The molecule has 1 N–H and O–H groups in total. The molecule has 0 aliphatic carbocycles. The van der Waals surface area contributed by atoms with Crippen LogP contribution in [0.25, 0.3) is 10.9 Å². The summed E-state index contributed by atoms with van der Waals surface area (Å²) in [6.07, 6.45) is 0. The number of aromatic nitrogens is 1. The van der Waals surface area contributed by atoms with Gasteiger partial charge in [0.05, 0.1) is 24.9 Å². The highest BCUT2D eigenvalue weighted by molar-refractivity contribution is 9.10. The van der Waals surface area contributed by atoms with Crippen LogP contribution in [0.5, 0.6) is 5.88 Å².